The topological polar surface area (TPSA) is 42.0 Å². The van der Waals surface area contributed by atoms with Gasteiger partial charge in [0.1, 0.15) is 5.15 Å². The molecule has 0 aliphatic carbocycles. The molecular formula is C15H13Cl3N2O. The molecule has 0 fully saturated rings. The van der Waals surface area contributed by atoms with Crippen LogP contribution in [0.3, 0.4) is 0 Å². The smallest absolute Gasteiger partial charge is 0.234 e. The second kappa shape index (κ2) is 6.22. The number of rotatable bonds is 3. The lowest BCUT2D eigenvalue weighted by Gasteiger charge is -2.24. The number of carbonyl (C=O) groups excluding carboxylic acids is 1. The summed E-state index contributed by atoms with van der Waals surface area (Å²) < 4.78 is 0. The molecule has 3 nitrogen and oxygen atoms in total. The van der Waals surface area contributed by atoms with Crippen molar-refractivity contribution in [1.82, 2.24) is 4.98 Å². The van der Waals surface area contributed by atoms with Gasteiger partial charge >= 0.3 is 0 Å². The van der Waals surface area contributed by atoms with Crippen molar-refractivity contribution in [3.05, 3.63) is 57.3 Å². The summed E-state index contributed by atoms with van der Waals surface area (Å²) in [5, 5.41) is 4.05. The third-order valence-electron chi connectivity index (χ3n) is 3.19. The molecular weight excluding hydrogens is 331 g/mol. The molecule has 0 spiro atoms. The van der Waals surface area contributed by atoms with Crippen molar-refractivity contribution in [1.29, 1.82) is 0 Å². The molecule has 21 heavy (non-hydrogen) atoms. The molecule has 1 heterocycles. The zero-order chi connectivity index (χ0) is 15.6. The Morgan fingerprint density at radius 1 is 1.10 bits per heavy atom. The van der Waals surface area contributed by atoms with E-state index in [1.807, 2.05) is 13.8 Å². The fourth-order valence-electron chi connectivity index (χ4n) is 1.75. The fraction of sp³-hybridized carbons (Fsp3) is 0.200. The first-order valence-electron chi connectivity index (χ1n) is 6.19. The number of amides is 1. The Morgan fingerprint density at radius 3 is 2.38 bits per heavy atom. The van der Waals surface area contributed by atoms with Gasteiger partial charge < -0.3 is 5.32 Å². The average molecular weight is 344 g/mol. The van der Waals surface area contributed by atoms with Gasteiger partial charge in [-0.05, 0) is 43.7 Å². The predicted molar refractivity (Wildman–Crippen MR) is 87.4 cm³/mol. The molecule has 1 aromatic carbocycles. The lowest BCUT2D eigenvalue weighted by Crippen LogP contribution is -2.34. The quantitative estimate of drug-likeness (QED) is 0.800. The number of hydrogen-bond donors (Lipinski definition) is 1. The highest BCUT2D eigenvalue weighted by Crippen LogP contribution is 2.31. The number of halogens is 3. The van der Waals surface area contributed by atoms with Gasteiger partial charge in [0.25, 0.3) is 0 Å². The molecule has 0 unspecified atom stereocenters. The molecule has 0 atom stereocenters. The Balaban J connectivity index is 2.23. The predicted octanol–water partition coefficient (Wildman–Crippen LogP) is 4.96. The first-order valence-corrected chi connectivity index (χ1v) is 7.32. The minimum atomic E-state index is -0.770. The van der Waals surface area contributed by atoms with Crippen LogP contribution < -0.4 is 5.32 Å². The lowest BCUT2D eigenvalue weighted by molar-refractivity contribution is -0.120. The van der Waals surface area contributed by atoms with Crippen LogP contribution in [-0.2, 0) is 10.2 Å². The molecule has 6 heteroatoms. The minimum absolute atomic E-state index is 0.176. The Hall–Kier alpha value is -1.29. The molecule has 1 aromatic heterocycles. The molecule has 1 N–H and O–H groups in total. The van der Waals surface area contributed by atoms with E-state index in [0.29, 0.717) is 20.9 Å². The van der Waals surface area contributed by atoms with Crippen molar-refractivity contribution in [2.75, 3.05) is 5.32 Å². The van der Waals surface area contributed by atoms with E-state index in [9.17, 15) is 4.79 Å². The summed E-state index contributed by atoms with van der Waals surface area (Å²) in [6.45, 7) is 3.62. The van der Waals surface area contributed by atoms with Crippen molar-refractivity contribution in [2.24, 2.45) is 0 Å². The minimum Gasteiger partial charge on any atom is -0.324 e. The van der Waals surface area contributed by atoms with Gasteiger partial charge in [-0.15, -0.1) is 0 Å². The molecule has 2 rings (SSSR count). The highest BCUT2D eigenvalue weighted by molar-refractivity contribution is 6.42. The normalized spacial score (nSPS) is 11.3. The monoisotopic (exact) mass is 342 g/mol. The lowest BCUT2D eigenvalue weighted by atomic mass is 9.83. The zero-order valence-corrected chi connectivity index (χ0v) is 13.7. The van der Waals surface area contributed by atoms with Crippen LogP contribution in [0.5, 0.6) is 0 Å². The van der Waals surface area contributed by atoms with Gasteiger partial charge in [0.15, 0.2) is 0 Å². The van der Waals surface area contributed by atoms with E-state index in [-0.39, 0.29) is 5.91 Å². The van der Waals surface area contributed by atoms with Gasteiger partial charge in [0.2, 0.25) is 5.91 Å². The number of nitrogens with one attached hydrogen (secondary N) is 1. The second-order valence-corrected chi connectivity index (χ2v) is 6.28. The van der Waals surface area contributed by atoms with Crippen LogP contribution in [0, 0.1) is 0 Å². The molecule has 0 saturated heterocycles. The third kappa shape index (κ3) is 3.67. The van der Waals surface area contributed by atoms with Gasteiger partial charge in [0, 0.05) is 0 Å². The van der Waals surface area contributed by atoms with Crippen LogP contribution in [0.1, 0.15) is 19.4 Å². The molecule has 2 aromatic rings. The summed E-state index contributed by atoms with van der Waals surface area (Å²) in [5.41, 5.74) is 0.585. The Kier molecular flexibility index (Phi) is 4.77. The van der Waals surface area contributed by atoms with Crippen molar-refractivity contribution in [3.8, 4) is 0 Å². The van der Waals surface area contributed by atoms with Crippen LogP contribution in [0.25, 0.3) is 0 Å². The van der Waals surface area contributed by atoms with Crippen LogP contribution >= 0.6 is 34.8 Å². The Morgan fingerprint density at radius 2 is 1.81 bits per heavy atom. The number of pyridine rings is 1. The maximum atomic E-state index is 12.5. The fourth-order valence-corrected chi connectivity index (χ4v) is 2.16. The van der Waals surface area contributed by atoms with Gasteiger partial charge in [-0.1, -0.05) is 40.9 Å². The van der Waals surface area contributed by atoms with Gasteiger partial charge in [-0.25, -0.2) is 4.98 Å². The summed E-state index contributed by atoms with van der Waals surface area (Å²) in [6, 6.07) is 8.47. The van der Waals surface area contributed by atoms with E-state index in [2.05, 4.69) is 10.3 Å². The van der Waals surface area contributed by atoms with Crippen LogP contribution in [0.15, 0.2) is 36.5 Å². The molecule has 0 radical (unpaired) electrons. The van der Waals surface area contributed by atoms with Crippen molar-refractivity contribution in [3.63, 3.8) is 0 Å². The molecule has 1 amide bonds. The second-order valence-electron chi connectivity index (χ2n) is 5.08. The average Bonchev–Trinajstić information content (AvgIpc) is 2.44. The Labute approximate surface area is 138 Å². The number of anilines is 1. The van der Waals surface area contributed by atoms with E-state index in [4.69, 9.17) is 34.8 Å². The first-order chi connectivity index (χ1) is 9.80. The summed E-state index contributed by atoms with van der Waals surface area (Å²) >= 11 is 17.6. The molecule has 0 aliphatic heterocycles. The molecule has 0 aliphatic rings. The van der Waals surface area contributed by atoms with Crippen LogP contribution in [-0.4, -0.2) is 10.9 Å². The van der Waals surface area contributed by atoms with E-state index < -0.39 is 5.41 Å². The summed E-state index contributed by atoms with van der Waals surface area (Å²) in [4.78, 5) is 16.4. The first kappa shape index (κ1) is 16.1. The molecule has 0 saturated carbocycles. The summed E-state index contributed by atoms with van der Waals surface area (Å²) in [6.07, 6.45) is 1.51. The van der Waals surface area contributed by atoms with Crippen LogP contribution in [0.2, 0.25) is 15.2 Å². The van der Waals surface area contributed by atoms with Crippen molar-refractivity contribution < 1.29 is 4.79 Å². The molecule has 110 valence electrons. The van der Waals surface area contributed by atoms with Crippen molar-refractivity contribution >= 4 is 46.4 Å². The third-order valence-corrected chi connectivity index (χ3v) is 4.16. The van der Waals surface area contributed by atoms with Crippen LogP contribution in [0.4, 0.5) is 5.69 Å². The standard InChI is InChI=1S/C15H13Cl3N2O/c1-15(2,9-3-5-11(16)12(17)7-9)14(21)20-10-4-6-13(18)19-8-10/h3-8H,1-2H3,(H,20,21). The number of hydrogen-bond acceptors (Lipinski definition) is 2. The maximum absolute atomic E-state index is 12.5. The number of nitrogens with zero attached hydrogens (tertiary/aromatic N) is 1. The van der Waals surface area contributed by atoms with Gasteiger partial charge in [-0.2, -0.15) is 0 Å². The van der Waals surface area contributed by atoms with E-state index >= 15 is 0 Å². The zero-order valence-electron chi connectivity index (χ0n) is 11.5. The highest BCUT2D eigenvalue weighted by atomic mass is 35.5. The number of benzene rings is 1. The largest absolute Gasteiger partial charge is 0.324 e. The van der Waals surface area contributed by atoms with E-state index in [0.717, 1.165) is 5.56 Å². The van der Waals surface area contributed by atoms with Gasteiger partial charge in [-0.3, -0.25) is 4.79 Å². The van der Waals surface area contributed by atoms with E-state index in [1.54, 1.807) is 30.3 Å². The SMILES string of the molecule is CC(C)(C(=O)Nc1ccc(Cl)nc1)c1ccc(Cl)c(Cl)c1. The maximum Gasteiger partial charge on any atom is 0.234 e. The highest BCUT2D eigenvalue weighted by Gasteiger charge is 2.30. The number of carbonyl (C=O) groups is 1. The summed E-state index contributed by atoms with van der Waals surface area (Å²) in [5.74, 6) is -0.176. The molecule has 0 bridgehead atoms. The number of aromatic nitrogens is 1. The summed E-state index contributed by atoms with van der Waals surface area (Å²) in [7, 11) is 0. The van der Waals surface area contributed by atoms with Crippen molar-refractivity contribution in [2.45, 2.75) is 19.3 Å². The van der Waals surface area contributed by atoms with E-state index in [1.165, 1.54) is 6.20 Å². The van der Waals surface area contributed by atoms with Gasteiger partial charge in [0.05, 0.1) is 27.3 Å². The Bertz CT molecular complexity index is 669.